The van der Waals surface area contributed by atoms with Gasteiger partial charge in [-0.05, 0) is 38.1 Å². The summed E-state index contributed by atoms with van der Waals surface area (Å²) >= 11 is 1.15. The van der Waals surface area contributed by atoms with Gasteiger partial charge in [0, 0.05) is 5.69 Å². The Bertz CT molecular complexity index is 879. The highest BCUT2D eigenvalue weighted by atomic mass is 32.2. The molecule has 1 heterocycles. The van der Waals surface area contributed by atoms with Gasteiger partial charge in [-0.1, -0.05) is 47.7 Å². The Hall–Kier alpha value is -2.80. The topological polar surface area (TPSA) is 77.2 Å². The number of carboxylic acid groups (broad SMARTS) is 1. The van der Waals surface area contributed by atoms with Crippen molar-refractivity contribution in [1.82, 2.24) is 14.8 Å². The van der Waals surface area contributed by atoms with E-state index in [4.69, 9.17) is 4.74 Å². The lowest BCUT2D eigenvalue weighted by Crippen LogP contribution is -2.13. The van der Waals surface area contributed by atoms with Gasteiger partial charge in [-0.3, -0.25) is 9.36 Å². The van der Waals surface area contributed by atoms with Crippen LogP contribution < -0.4 is 4.74 Å². The zero-order valence-corrected chi connectivity index (χ0v) is 15.3. The summed E-state index contributed by atoms with van der Waals surface area (Å²) in [5.41, 5.74) is 2.00. The predicted molar refractivity (Wildman–Crippen MR) is 99.8 cm³/mol. The Morgan fingerprint density at radius 1 is 1.15 bits per heavy atom. The van der Waals surface area contributed by atoms with Gasteiger partial charge in [0.15, 0.2) is 11.0 Å². The van der Waals surface area contributed by atoms with E-state index in [2.05, 4.69) is 10.2 Å². The van der Waals surface area contributed by atoms with Gasteiger partial charge in [0.05, 0.1) is 0 Å². The van der Waals surface area contributed by atoms with E-state index >= 15 is 0 Å². The molecule has 1 atom stereocenters. The van der Waals surface area contributed by atoms with Gasteiger partial charge in [-0.15, -0.1) is 10.2 Å². The monoisotopic (exact) mass is 369 g/mol. The van der Waals surface area contributed by atoms with Gasteiger partial charge in [-0.2, -0.15) is 0 Å². The van der Waals surface area contributed by atoms with E-state index in [1.54, 1.807) is 6.92 Å². The molecule has 1 N–H and O–H groups in total. The molecule has 2 aromatic carbocycles. The molecule has 0 radical (unpaired) electrons. The number of carboxylic acids is 1. The maximum Gasteiger partial charge on any atom is 0.316 e. The molecule has 0 unspecified atom stereocenters. The first-order valence-electron chi connectivity index (χ1n) is 8.13. The molecule has 3 aromatic rings. The van der Waals surface area contributed by atoms with Gasteiger partial charge in [0.1, 0.15) is 17.6 Å². The lowest BCUT2D eigenvalue weighted by Gasteiger charge is -2.12. The smallest absolute Gasteiger partial charge is 0.316 e. The van der Waals surface area contributed by atoms with Crippen LogP contribution in [0.4, 0.5) is 0 Å². The van der Waals surface area contributed by atoms with Crippen molar-refractivity contribution in [2.45, 2.75) is 30.9 Å². The largest absolute Gasteiger partial charge is 0.486 e. The van der Waals surface area contributed by atoms with Crippen molar-refractivity contribution in [3.05, 3.63) is 66.0 Å². The second kappa shape index (κ2) is 8.05. The van der Waals surface area contributed by atoms with Crippen LogP contribution in [0.2, 0.25) is 0 Å². The molecule has 0 spiro atoms. The number of hydrogen-bond donors (Lipinski definition) is 1. The van der Waals surface area contributed by atoms with Crippen LogP contribution in [0.15, 0.2) is 59.8 Å². The summed E-state index contributed by atoms with van der Waals surface area (Å²) in [7, 11) is 0. The van der Waals surface area contributed by atoms with Crippen molar-refractivity contribution < 1.29 is 14.6 Å². The first kappa shape index (κ1) is 18.0. The van der Waals surface area contributed by atoms with Crippen molar-refractivity contribution in [2.75, 3.05) is 0 Å². The fourth-order valence-corrected chi connectivity index (χ4v) is 3.12. The number of hydrogen-bond acceptors (Lipinski definition) is 5. The molecule has 3 rings (SSSR count). The normalized spacial score (nSPS) is 11.9. The number of benzene rings is 2. The van der Waals surface area contributed by atoms with Crippen molar-refractivity contribution in [1.29, 1.82) is 0 Å². The molecule has 0 aliphatic rings. The molecule has 0 aliphatic carbocycles. The third-order valence-electron chi connectivity index (χ3n) is 3.73. The Morgan fingerprint density at radius 3 is 2.50 bits per heavy atom. The van der Waals surface area contributed by atoms with Gasteiger partial charge in [0.25, 0.3) is 0 Å². The highest BCUT2D eigenvalue weighted by Gasteiger charge is 2.20. The minimum absolute atomic E-state index is 0.229. The Morgan fingerprint density at radius 2 is 1.85 bits per heavy atom. The fourth-order valence-electron chi connectivity index (χ4n) is 2.30. The maximum atomic E-state index is 11.2. The molecule has 134 valence electrons. The summed E-state index contributed by atoms with van der Waals surface area (Å²) in [5, 5.41) is 17.5. The van der Waals surface area contributed by atoms with Gasteiger partial charge in [0.2, 0.25) is 0 Å². The van der Waals surface area contributed by atoms with E-state index in [1.165, 1.54) is 0 Å². The van der Waals surface area contributed by atoms with Gasteiger partial charge in [-0.25, -0.2) is 0 Å². The van der Waals surface area contributed by atoms with Crippen LogP contribution in [-0.4, -0.2) is 31.1 Å². The summed E-state index contributed by atoms with van der Waals surface area (Å²) in [6.07, 6.45) is 0. The highest BCUT2D eigenvalue weighted by Crippen LogP contribution is 2.26. The van der Waals surface area contributed by atoms with Crippen molar-refractivity contribution in [3.8, 4) is 11.4 Å². The number of aryl methyl sites for hydroxylation is 1. The molecular formula is C19H19N3O3S. The summed E-state index contributed by atoms with van der Waals surface area (Å²) < 4.78 is 7.63. The summed E-state index contributed by atoms with van der Waals surface area (Å²) in [6.45, 7) is 3.87. The number of nitrogens with zero attached hydrogens (tertiary/aromatic N) is 3. The van der Waals surface area contributed by atoms with Crippen LogP contribution in [0, 0.1) is 6.92 Å². The van der Waals surface area contributed by atoms with E-state index in [-0.39, 0.29) is 6.61 Å². The van der Waals surface area contributed by atoms with Crippen LogP contribution in [-0.2, 0) is 11.4 Å². The first-order valence-corrected chi connectivity index (χ1v) is 9.01. The third kappa shape index (κ3) is 4.23. The molecule has 1 aromatic heterocycles. The summed E-state index contributed by atoms with van der Waals surface area (Å²) in [5.74, 6) is 0.451. The maximum absolute atomic E-state index is 11.2. The fraction of sp³-hybridized carbons (Fsp3) is 0.211. The van der Waals surface area contributed by atoms with E-state index < -0.39 is 11.2 Å². The molecular weight excluding hydrogens is 350 g/mol. The van der Waals surface area contributed by atoms with Crippen molar-refractivity contribution in [2.24, 2.45) is 0 Å². The molecule has 6 nitrogen and oxygen atoms in total. The molecule has 7 heteroatoms. The molecule has 26 heavy (non-hydrogen) atoms. The summed E-state index contributed by atoms with van der Waals surface area (Å²) in [6, 6.07) is 17.4. The second-order valence-electron chi connectivity index (χ2n) is 5.77. The van der Waals surface area contributed by atoms with Crippen LogP contribution in [0.25, 0.3) is 5.69 Å². The summed E-state index contributed by atoms with van der Waals surface area (Å²) in [4.78, 5) is 11.2. The molecule has 0 fully saturated rings. The molecule has 0 saturated heterocycles. The van der Waals surface area contributed by atoms with Gasteiger partial charge < -0.3 is 9.84 Å². The van der Waals surface area contributed by atoms with Gasteiger partial charge >= 0.3 is 5.97 Å². The van der Waals surface area contributed by atoms with E-state index in [0.29, 0.717) is 11.0 Å². The van der Waals surface area contributed by atoms with E-state index in [0.717, 1.165) is 28.8 Å². The van der Waals surface area contributed by atoms with Crippen LogP contribution in [0.3, 0.4) is 0 Å². The number of aliphatic carboxylic acids is 1. The number of aromatic nitrogens is 3. The standard InChI is InChI=1S/C19H19N3O3S/c1-13-8-10-15(11-9-13)22-17(12-25-16-6-4-3-5-7-16)20-21-19(22)26-14(2)18(23)24/h3-11,14H,12H2,1-2H3,(H,23,24)/t14-/m0/s1. The van der Waals surface area contributed by atoms with Crippen molar-refractivity contribution >= 4 is 17.7 Å². The number of thioether (sulfide) groups is 1. The zero-order valence-electron chi connectivity index (χ0n) is 14.5. The minimum Gasteiger partial charge on any atom is -0.486 e. The predicted octanol–water partition coefficient (Wildman–Crippen LogP) is 3.72. The van der Waals surface area contributed by atoms with E-state index in [1.807, 2.05) is 66.1 Å². The number of rotatable bonds is 7. The minimum atomic E-state index is -0.893. The lowest BCUT2D eigenvalue weighted by molar-refractivity contribution is -0.136. The molecule has 0 saturated carbocycles. The van der Waals surface area contributed by atoms with Crippen LogP contribution in [0.5, 0.6) is 5.75 Å². The van der Waals surface area contributed by atoms with E-state index in [9.17, 15) is 9.90 Å². The Labute approximate surface area is 155 Å². The highest BCUT2D eigenvalue weighted by molar-refractivity contribution is 8.00. The Balaban J connectivity index is 1.91. The molecule has 0 aliphatic heterocycles. The zero-order chi connectivity index (χ0) is 18.5. The van der Waals surface area contributed by atoms with Crippen LogP contribution in [0.1, 0.15) is 18.3 Å². The quantitative estimate of drug-likeness (QED) is 0.640. The number of carbonyl (C=O) groups is 1. The number of ether oxygens (including phenoxy) is 1. The average molecular weight is 369 g/mol. The SMILES string of the molecule is Cc1ccc(-n2c(COc3ccccc3)nnc2S[C@@H](C)C(=O)O)cc1. The second-order valence-corrected chi connectivity index (χ2v) is 7.08. The third-order valence-corrected chi connectivity index (χ3v) is 4.76. The molecule has 0 bridgehead atoms. The van der Waals surface area contributed by atoms with Crippen molar-refractivity contribution in [3.63, 3.8) is 0 Å². The average Bonchev–Trinajstić information content (AvgIpc) is 3.04. The molecule has 0 amide bonds. The lowest BCUT2D eigenvalue weighted by atomic mass is 10.2. The van der Waals surface area contributed by atoms with Crippen LogP contribution >= 0.6 is 11.8 Å². The Kier molecular flexibility index (Phi) is 5.58. The first-order chi connectivity index (χ1) is 12.5. The number of para-hydroxylation sites is 1.